The van der Waals surface area contributed by atoms with Crippen LogP contribution in [0.4, 0.5) is 4.39 Å². The average Bonchev–Trinajstić information content (AvgIpc) is 3.06. The molecule has 0 aliphatic carbocycles. The quantitative estimate of drug-likeness (QED) is 0.444. The molecule has 1 heterocycles. The maximum Gasteiger partial charge on any atom is 0.158 e. The number of ketones is 1. The SMILES string of the molecule is CCCC(O)CC(=O)C=Cc1c(C(C)C)oc2cccc(-c3ccc(F)cc3)c12. The van der Waals surface area contributed by atoms with E-state index in [1.54, 1.807) is 18.2 Å². The van der Waals surface area contributed by atoms with Crippen LogP contribution in [0.15, 0.2) is 53.0 Å². The molecule has 0 fully saturated rings. The lowest BCUT2D eigenvalue weighted by Crippen LogP contribution is -2.11. The van der Waals surface area contributed by atoms with Gasteiger partial charge in [0.15, 0.2) is 5.78 Å². The highest BCUT2D eigenvalue weighted by Crippen LogP contribution is 2.38. The molecule has 3 rings (SSSR count). The van der Waals surface area contributed by atoms with Crippen LogP contribution in [0, 0.1) is 5.82 Å². The molecule has 0 bridgehead atoms. The summed E-state index contributed by atoms with van der Waals surface area (Å²) in [6.07, 6.45) is 4.26. The van der Waals surface area contributed by atoms with Crippen molar-refractivity contribution in [1.82, 2.24) is 0 Å². The predicted octanol–water partition coefficient (Wildman–Crippen LogP) is 6.50. The number of allylic oxidation sites excluding steroid dienone is 1. The topological polar surface area (TPSA) is 50.4 Å². The second-order valence-electron chi connectivity index (χ2n) is 7.67. The van der Waals surface area contributed by atoms with Gasteiger partial charge >= 0.3 is 0 Å². The molecule has 0 radical (unpaired) electrons. The monoisotopic (exact) mass is 394 g/mol. The Morgan fingerprint density at radius 1 is 1.17 bits per heavy atom. The van der Waals surface area contributed by atoms with Gasteiger partial charge in [-0.1, -0.05) is 51.5 Å². The summed E-state index contributed by atoms with van der Waals surface area (Å²) in [6.45, 7) is 6.06. The Bertz CT molecular complexity index is 1010. The van der Waals surface area contributed by atoms with Crippen molar-refractivity contribution in [3.63, 3.8) is 0 Å². The Kier molecular flexibility index (Phi) is 6.65. The average molecular weight is 394 g/mol. The van der Waals surface area contributed by atoms with Crippen molar-refractivity contribution in [2.24, 2.45) is 0 Å². The summed E-state index contributed by atoms with van der Waals surface area (Å²) in [6, 6.07) is 12.1. The molecule has 1 N–H and O–H groups in total. The first-order valence-electron chi connectivity index (χ1n) is 10.1. The minimum Gasteiger partial charge on any atom is -0.460 e. The molecule has 0 spiro atoms. The van der Waals surface area contributed by atoms with E-state index in [1.807, 2.05) is 39.0 Å². The van der Waals surface area contributed by atoms with E-state index in [2.05, 4.69) is 0 Å². The van der Waals surface area contributed by atoms with Crippen molar-refractivity contribution in [2.75, 3.05) is 0 Å². The predicted molar refractivity (Wildman–Crippen MR) is 115 cm³/mol. The third kappa shape index (κ3) is 4.83. The molecule has 1 atom stereocenters. The van der Waals surface area contributed by atoms with Gasteiger partial charge in [0.2, 0.25) is 0 Å². The van der Waals surface area contributed by atoms with Gasteiger partial charge in [0.25, 0.3) is 0 Å². The van der Waals surface area contributed by atoms with E-state index in [0.717, 1.165) is 39.8 Å². The summed E-state index contributed by atoms with van der Waals surface area (Å²) in [4.78, 5) is 12.3. The van der Waals surface area contributed by atoms with E-state index < -0.39 is 6.10 Å². The summed E-state index contributed by atoms with van der Waals surface area (Å²) in [5, 5.41) is 10.8. The Labute approximate surface area is 170 Å². The van der Waals surface area contributed by atoms with Crippen LogP contribution in [0.25, 0.3) is 28.2 Å². The third-order valence-corrected chi connectivity index (χ3v) is 4.96. The highest BCUT2D eigenvalue weighted by atomic mass is 19.1. The second-order valence-corrected chi connectivity index (χ2v) is 7.67. The molecule has 0 saturated carbocycles. The number of rotatable bonds is 8. The number of aliphatic hydroxyl groups excluding tert-OH is 1. The standard InChI is InChI=1S/C25H27FO3/c1-4-6-19(27)15-20(28)13-14-22-24-21(17-9-11-18(26)12-10-17)7-5-8-23(24)29-25(22)16(2)3/h5,7-14,16,19,27H,4,6,15H2,1-3H3. The van der Waals surface area contributed by atoms with E-state index in [1.165, 1.54) is 18.2 Å². The number of carbonyl (C=O) groups excluding carboxylic acids is 1. The van der Waals surface area contributed by atoms with Crippen LogP contribution >= 0.6 is 0 Å². The first-order valence-corrected chi connectivity index (χ1v) is 10.1. The number of aliphatic hydroxyl groups is 1. The van der Waals surface area contributed by atoms with Gasteiger partial charge in [0.1, 0.15) is 17.2 Å². The van der Waals surface area contributed by atoms with Crippen LogP contribution in [0.1, 0.15) is 57.3 Å². The van der Waals surface area contributed by atoms with E-state index in [-0.39, 0.29) is 23.9 Å². The van der Waals surface area contributed by atoms with Crippen molar-refractivity contribution in [1.29, 1.82) is 0 Å². The Balaban J connectivity index is 2.07. The molecule has 1 unspecified atom stereocenters. The van der Waals surface area contributed by atoms with Gasteiger partial charge in [-0.25, -0.2) is 4.39 Å². The van der Waals surface area contributed by atoms with Gasteiger partial charge in [0, 0.05) is 23.3 Å². The molecule has 3 aromatic rings. The fourth-order valence-corrected chi connectivity index (χ4v) is 3.57. The van der Waals surface area contributed by atoms with E-state index >= 15 is 0 Å². The van der Waals surface area contributed by atoms with Crippen LogP contribution < -0.4 is 0 Å². The van der Waals surface area contributed by atoms with Crippen LogP contribution in [0.3, 0.4) is 0 Å². The number of halogens is 1. The Hall–Kier alpha value is -2.72. The first kappa shape index (κ1) is 21.0. The first-order chi connectivity index (χ1) is 13.9. The number of fused-ring (bicyclic) bond motifs is 1. The van der Waals surface area contributed by atoms with E-state index in [9.17, 15) is 14.3 Å². The summed E-state index contributed by atoms with van der Waals surface area (Å²) in [5.41, 5.74) is 3.39. The molecule has 0 aliphatic rings. The zero-order chi connectivity index (χ0) is 21.0. The van der Waals surface area contributed by atoms with Gasteiger partial charge in [0.05, 0.1) is 6.10 Å². The molecular weight excluding hydrogens is 367 g/mol. The fourth-order valence-electron chi connectivity index (χ4n) is 3.57. The van der Waals surface area contributed by atoms with Crippen molar-refractivity contribution in [2.45, 2.75) is 52.1 Å². The van der Waals surface area contributed by atoms with Crippen LogP contribution in [-0.2, 0) is 4.79 Å². The van der Waals surface area contributed by atoms with Crippen molar-refractivity contribution >= 4 is 22.8 Å². The van der Waals surface area contributed by atoms with Gasteiger partial charge in [-0.05, 0) is 47.9 Å². The van der Waals surface area contributed by atoms with Crippen LogP contribution in [0.2, 0.25) is 0 Å². The zero-order valence-electron chi connectivity index (χ0n) is 17.1. The molecule has 1 aromatic heterocycles. The number of hydrogen-bond acceptors (Lipinski definition) is 3. The second kappa shape index (κ2) is 9.19. The fraction of sp³-hybridized carbons (Fsp3) is 0.320. The smallest absolute Gasteiger partial charge is 0.158 e. The number of carbonyl (C=O) groups is 1. The van der Waals surface area contributed by atoms with Crippen molar-refractivity contribution in [3.8, 4) is 11.1 Å². The maximum atomic E-state index is 13.4. The molecule has 2 aromatic carbocycles. The number of benzene rings is 2. The van der Waals surface area contributed by atoms with Gasteiger partial charge < -0.3 is 9.52 Å². The highest BCUT2D eigenvalue weighted by Gasteiger charge is 2.19. The molecular formula is C25H27FO3. The lowest BCUT2D eigenvalue weighted by atomic mass is 9.95. The Morgan fingerprint density at radius 3 is 2.55 bits per heavy atom. The van der Waals surface area contributed by atoms with Gasteiger partial charge in [-0.3, -0.25) is 4.79 Å². The summed E-state index contributed by atoms with van der Waals surface area (Å²) in [7, 11) is 0. The summed E-state index contributed by atoms with van der Waals surface area (Å²) in [5.74, 6) is 0.526. The lowest BCUT2D eigenvalue weighted by Gasteiger charge is -2.07. The normalized spacial score (nSPS) is 12.9. The lowest BCUT2D eigenvalue weighted by molar-refractivity contribution is -0.116. The molecule has 4 heteroatoms. The molecule has 0 saturated heterocycles. The van der Waals surface area contributed by atoms with E-state index in [0.29, 0.717) is 6.42 Å². The van der Waals surface area contributed by atoms with Crippen molar-refractivity contribution < 1.29 is 18.7 Å². The molecule has 152 valence electrons. The minimum atomic E-state index is -0.613. The number of furan rings is 1. The maximum absolute atomic E-state index is 13.4. The molecule has 29 heavy (non-hydrogen) atoms. The number of hydrogen-bond donors (Lipinski definition) is 1. The molecule has 0 amide bonds. The zero-order valence-corrected chi connectivity index (χ0v) is 17.1. The third-order valence-electron chi connectivity index (χ3n) is 4.96. The minimum absolute atomic E-state index is 0.113. The summed E-state index contributed by atoms with van der Waals surface area (Å²) >= 11 is 0. The largest absolute Gasteiger partial charge is 0.460 e. The Morgan fingerprint density at radius 2 is 1.90 bits per heavy atom. The summed E-state index contributed by atoms with van der Waals surface area (Å²) < 4.78 is 19.5. The van der Waals surface area contributed by atoms with Gasteiger partial charge in [-0.2, -0.15) is 0 Å². The molecule has 3 nitrogen and oxygen atoms in total. The highest BCUT2D eigenvalue weighted by molar-refractivity contribution is 6.03. The van der Waals surface area contributed by atoms with Gasteiger partial charge in [-0.15, -0.1) is 0 Å². The van der Waals surface area contributed by atoms with E-state index in [4.69, 9.17) is 4.42 Å². The molecule has 0 aliphatic heterocycles. The van der Waals surface area contributed by atoms with Crippen LogP contribution in [-0.4, -0.2) is 17.0 Å². The van der Waals surface area contributed by atoms with Crippen molar-refractivity contribution in [3.05, 3.63) is 65.7 Å². The van der Waals surface area contributed by atoms with Crippen LogP contribution in [0.5, 0.6) is 0 Å².